The third-order valence-electron chi connectivity index (χ3n) is 4.86. The van der Waals surface area contributed by atoms with E-state index in [4.69, 9.17) is 4.74 Å². The lowest BCUT2D eigenvalue weighted by Gasteiger charge is -2.29. The zero-order valence-electron chi connectivity index (χ0n) is 15.5. The van der Waals surface area contributed by atoms with Crippen LogP contribution < -0.4 is 0 Å². The highest BCUT2D eigenvalue weighted by Crippen LogP contribution is 2.40. The van der Waals surface area contributed by atoms with Gasteiger partial charge in [0, 0.05) is 5.92 Å². The van der Waals surface area contributed by atoms with Gasteiger partial charge >= 0.3 is 5.97 Å². The van der Waals surface area contributed by atoms with Gasteiger partial charge in [0.25, 0.3) is 0 Å². The number of esters is 1. The molecule has 0 radical (unpaired) electrons. The highest BCUT2D eigenvalue weighted by atomic mass is 16.5. The van der Waals surface area contributed by atoms with Gasteiger partial charge in [-0.15, -0.1) is 0 Å². The smallest absolute Gasteiger partial charge is 0.317 e. The van der Waals surface area contributed by atoms with Crippen molar-refractivity contribution in [2.24, 2.45) is 5.92 Å². The van der Waals surface area contributed by atoms with E-state index in [1.54, 1.807) is 13.0 Å². The van der Waals surface area contributed by atoms with Crippen LogP contribution in [0, 0.1) is 19.8 Å². The Morgan fingerprint density at radius 1 is 1.08 bits per heavy atom. The van der Waals surface area contributed by atoms with Crippen molar-refractivity contribution < 1.29 is 14.3 Å². The minimum Gasteiger partial charge on any atom is -0.465 e. The van der Waals surface area contributed by atoms with Gasteiger partial charge in [-0.1, -0.05) is 59.7 Å². The fourth-order valence-electron chi connectivity index (χ4n) is 3.64. The van der Waals surface area contributed by atoms with Crippen LogP contribution in [0.5, 0.6) is 0 Å². The standard InChI is InChI=1S/C23H24O3/c1-4-26-23(25)22-20(18-10-6-8-16(3)12-18)13-19(14-21(22)24)17-9-5-7-15(2)11-17/h5-12,14,20,22H,4,13H2,1-3H3/t20-,22+/m0/s1. The lowest BCUT2D eigenvalue weighted by Crippen LogP contribution is -2.34. The minimum absolute atomic E-state index is 0.169. The number of ketones is 1. The second kappa shape index (κ2) is 7.69. The maximum atomic E-state index is 12.9. The Morgan fingerprint density at radius 3 is 2.42 bits per heavy atom. The van der Waals surface area contributed by atoms with E-state index in [1.165, 1.54) is 0 Å². The molecule has 1 aliphatic rings. The van der Waals surface area contributed by atoms with E-state index in [9.17, 15) is 9.59 Å². The van der Waals surface area contributed by atoms with Gasteiger partial charge in [0.15, 0.2) is 5.78 Å². The van der Waals surface area contributed by atoms with E-state index < -0.39 is 11.9 Å². The molecule has 0 aromatic heterocycles. The lowest BCUT2D eigenvalue weighted by atomic mass is 9.73. The van der Waals surface area contributed by atoms with Gasteiger partial charge in [0.05, 0.1) is 6.61 Å². The molecular formula is C23H24O3. The van der Waals surface area contributed by atoms with Crippen LogP contribution in [0.25, 0.3) is 5.57 Å². The molecule has 134 valence electrons. The molecule has 0 saturated heterocycles. The van der Waals surface area contributed by atoms with Crippen molar-refractivity contribution in [3.63, 3.8) is 0 Å². The molecule has 2 aromatic carbocycles. The summed E-state index contributed by atoms with van der Waals surface area (Å²) in [6.07, 6.45) is 2.27. The van der Waals surface area contributed by atoms with Crippen molar-refractivity contribution in [2.45, 2.75) is 33.1 Å². The third-order valence-corrected chi connectivity index (χ3v) is 4.86. The van der Waals surface area contributed by atoms with Crippen molar-refractivity contribution in [1.82, 2.24) is 0 Å². The van der Waals surface area contributed by atoms with Crippen LogP contribution in [0.1, 0.15) is 41.5 Å². The maximum Gasteiger partial charge on any atom is 0.317 e. The van der Waals surface area contributed by atoms with Crippen LogP contribution in [0.4, 0.5) is 0 Å². The highest BCUT2D eigenvalue weighted by Gasteiger charge is 2.39. The van der Waals surface area contributed by atoms with Crippen molar-refractivity contribution in [1.29, 1.82) is 0 Å². The van der Waals surface area contributed by atoms with Crippen LogP contribution >= 0.6 is 0 Å². The van der Waals surface area contributed by atoms with Gasteiger partial charge in [-0.2, -0.15) is 0 Å². The summed E-state index contributed by atoms with van der Waals surface area (Å²) in [4.78, 5) is 25.4. The molecule has 0 aliphatic heterocycles. The van der Waals surface area contributed by atoms with E-state index in [-0.39, 0.29) is 18.3 Å². The van der Waals surface area contributed by atoms with Crippen molar-refractivity contribution >= 4 is 17.3 Å². The van der Waals surface area contributed by atoms with E-state index in [2.05, 4.69) is 12.1 Å². The largest absolute Gasteiger partial charge is 0.465 e. The van der Waals surface area contributed by atoms with Crippen molar-refractivity contribution in [3.05, 3.63) is 76.9 Å². The summed E-state index contributed by atoms with van der Waals surface area (Å²) < 4.78 is 5.20. The molecule has 1 aliphatic carbocycles. The summed E-state index contributed by atoms with van der Waals surface area (Å²) in [7, 11) is 0. The molecule has 0 N–H and O–H groups in total. The Bertz CT molecular complexity index is 863. The number of carbonyl (C=O) groups excluding carboxylic acids is 2. The predicted octanol–water partition coefficient (Wildman–Crippen LogP) is 4.62. The number of hydrogen-bond acceptors (Lipinski definition) is 3. The van der Waals surface area contributed by atoms with Gasteiger partial charge < -0.3 is 4.74 Å². The van der Waals surface area contributed by atoms with Crippen LogP contribution in [0.15, 0.2) is 54.6 Å². The van der Waals surface area contributed by atoms with Crippen LogP contribution in [0.3, 0.4) is 0 Å². The van der Waals surface area contributed by atoms with Crippen molar-refractivity contribution in [2.75, 3.05) is 6.61 Å². The summed E-state index contributed by atoms with van der Waals surface area (Å²) in [6, 6.07) is 16.2. The number of allylic oxidation sites excluding steroid dienone is 2. The summed E-state index contributed by atoms with van der Waals surface area (Å²) in [6.45, 7) is 6.09. The quantitative estimate of drug-likeness (QED) is 0.598. The summed E-state index contributed by atoms with van der Waals surface area (Å²) in [5.74, 6) is -1.58. The Hall–Kier alpha value is -2.68. The number of aryl methyl sites for hydroxylation is 2. The van der Waals surface area contributed by atoms with E-state index in [0.29, 0.717) is 6.42 Å². The Morgan fingerprint density at radius 2 is 1.77 bits per heavy atom. The molecule has 2 atom stereocenters. The first kappa shape index (κ1) is 18.1. The van der Waals surface area contributed by atoms with Gasteiger partial charge in [-0.05, 0) is 50.0 Å². The molecule has 0 heterocycles. The summed E-state index contributed by atoms with van der Waals surface area (Å²) in [5.41, 5.74) is 5.29. The molecular weight excluding hydrogens is 324 g/mol. The summed E-state index contributed by atoms with van der Waals surface area (Å²) >= 11 is 0. The molecule has 0 spiro atoms. The second-order valence-electron chi connectivity index (χ2n) is 6.90. The normalized spacial score (nSPS) is 19.8. The molecule has 3 rings (SSSR count). The Labute approximate surface area is 154 Å². The van der Waals surface area contributed by atoms with Gasteiger partial charge in [-0.25, -0.2) is 0 Å². The lowest BCUT2D eigenvalue weighted by molar-refractivity contribution is -0.151. The highest BCUT2D eigenvalue weighted by molar-refractivity contribution is 6.10. The number of carbonyl (C=O) groups is 2. The van der Waals surface area contributed by atoms with Crippen LogP contribution in [-0.4, -0.2) is 18.4 Å². The number of ether oxygens (including phenoxy) is 1. The molecule has 3 heteroatoms. The number of rotatable bonds is 4. The molecule has 26 heavy (non-hydrogen) atoms. The molecule has 0 saturated carbocycles. The fourth-order valence-corrected chi connectivity index (χ4v) is 3.64. The van der Waals surface area contributed by atoms with Gasteiger partial charge in [-0.3, -0.25) is 9.59 Å². The molecule has 2 aromatic rings. The molecule has 3 nitrogen and oxygen atoms in total. The average Bonchev–Trinajstić information content (AvgIpc) is 2.61. The van der Waals surface area contributed by atoms with Gasteiger partial charge in [0.2, 0.25) is 0 Å². The first-order valence-electron chi connectivity index (χ1n) is 9.04. The SMILES string of the molecule is CCOC(=O)[C@H]1C(=O)C=C(c2cccc(C)c2)C[C@H]1c1cccc(C)c1. The molecule has 0 bridgehead atoms. The third kappa shape index (κ3) is 3.77. The zero-order chi connectivity index (χ0) is 18.7. The monoisotopic (exact) mass is 348 g/mol. The fraction of sp³-hybridized carbons (Fsp3) is 0.304. The van der Waals surface area contributed by atoms with Gasteiger partial charge in [0.1, 0.15) is 5.92 Å². The van der Waals surface area contributed by atoms with E-state index >= 15 is 0 Å². The summed E-state index contributed by atoms with van der Waals surface area (Å²) in [5, 5.41) is 0. The molecule has 0 amide bonds. The number of benzene rings is 2. The number of hydrogen-bond donors (Lipinski definition) is 0. The van der Waals surface area contributed by atoms with E-state index in [1.807, 2.05) is 50.2 Å². The minimum atomic E-state index is -0.773. The zero-order valence-corrected chi connectivity index (χ0v) is 15.5. The van der Waals surface area contributed by atoms with Crippen LogP contribution in [0.2, 0.25) is 0 Å². The first-order valence-corrected chi connectivity index (χ1v) is 9.04. The van der Waals surface area contributed by atoms with E-state index in [0.717, 1.165) is 27.8 Å². The molecule has 0 fully saturated rings. The average molecular weight is 348 g/mol. The predicted molar refractivity (Wildman–Crippen MR) is 103 cm³/mol. The van der Waals surface area contributed by atoms with Crippen LogP contribution in [-0.2, 0) is 14.3 Å². The maximum absolute atomic E-state index is 12.9. The first-order chi connectivity index (χ1) is 12.5. The Balaban J connectivity index is 2.04. The Kier molecular flexibility index (Phi) is 5.36. The topological polar surface area (TPSA) is 43.4 Å². The molecule has 0 unspecified atom stereocenters. The second-order valence-corrected chi connectivity index (χ2v) is 6.90. The van der Waals surface area contributed by atoms with Crippen molar-refractivity contribution in [3.8, 4) is 0 Å².